The Labute approximate surface area is 106 Å². The molecule has 0 aliphatic heterocycles. The molecule has 0 fully saturated rings. The highest BCUT2D eigenvalue weighted by atomic mass is 32.2. The standard InChI is InChI=1S/C13H15NO2S/c1-17-10-8-14-13(16)12-6-4-11(5-7-12)3-2-9-15/h4-7,15H,8-10H2,1H3,(H,14,16). The molecular weight excluding hydrogens is 234 g/mol. The average molecular weight is 249 g/mol. The van der Waals surface area contributed by atoms with Crippen molar-refractivity contribution in [1.82, 2.24) is 5.32 Å². The molecule has 4 heteroatoms. The maximum Gasteiger partial charge on any atom is 0.251 e. The van der Waals surface area contributed by atoms with Gasteiger partial charge in [-0.05, 0) is 30.5 Å². The summed E-state index contributed by atoms with van der Waals surface area (Å²) in [5.41, 5.74) is 1.42. The van der Waals surface area contributed by atoms with Crippen molar-refractivity contribution in [2.75, 3.05) is 25.2 Å². The Hall–Kier alpha value is -1.44. The molecule has 0 atom stereocenters. The van der Waals surface area contributed by atoms with E-state index in [1.54, 1.807) is 36.0 Å². The fraction of sp³-hybridized carbons (Fsp3) is 0.308. The van der Waals surface area contributed by atoms with E-state index in [9.17, 15) is 4.79 Å². The van der Waals surface area contributed by atoms with Crippen LogP contribution in [0.4, 0.5) is 0 Å². The molecular formula is C13H15NO2S. The van der Waals surface area contributed by atoms with Crippen LogP contribution in [0.25, 0.3) is 0 Å². The first-order valence-electron chi connectivity index (χ1n) is 5.25. The van der Waals surface area contributed by atoms with Gasteiger partial charge in [-0.3, -0.25) is 4.79 Å². The van der Waals surface area contributed by atoms with E-state index in [0.717, 1.165) is 11.3 Å². The monoisotopic (exact) mass is 249 g/mol. The van der Waals surface area contributed by atoms with Gasteiger partial charge in [0.25, 0.3) is 5.91 Å². The summed E-state index contributed by atoms with van der Waals surface area (Å²) >= 11 is 1.69. The minimum atomic E-state index is -0.156. The van der Waals surface area contributed by atoms with Crippen molar-refractivity contribution in [3.8, 4) is 11.8 Å². The van der Waals surface area contributed by atoms with Gasteiger partial charge in [0.05, 0.1) is 0 Å². The second kappa shape index (κ2) is 7.77. The van der Waals surface area contributed by atoms with Crippen molar-refractivity contribution in [2.45, 2.75) is 0 Å². The molecule has 0 heterocycles. The number of thioether (sulfide) groups is 1. The predicted molar refractivity (Wildman–Crippen MR) is 71.1 cm³/mol. The van der Waals surface area contributed by atoms with Gasteiger partial charge >= 0.3 is 0 Å². The summed E-state index contributed by atoms with van der Waals surface area (Å²) in [4.78, 5) is 11.6. The molecule has 0 aliphatic carbocycles. The lowest BCUT2D eigenvalue weighted by molar-refractivity contribution is 0.0956. The molecule has 0 spiro atoms. The van der Waals surface area contributed by atoms with Crippen LogP contribution in [-0.4, -0.2) is 36.2 Å². The topological polar surface area (TPSA) is 49.3 Å². The molecule has 0 bridgehead atoms. The van der Waals surface area contributed by atoms with Gasteiger partial charge in [-0.15, -0.1) is 0 Å². The Bertz CT molecular complexity index is 417. The Morgan fingerprint density at radius 2 is 2.12 bits per heavy atom. The molecule has 1 aromatic carbocycles. The lowest BCUT2D eigenvalue weighted by atomic mass is 10.1. The quantitative estimate of drug-likeness (QED) is 0.621. The number of aliphatic hydroxyl groups is 1. The summed E-state index contributed by atoms with van der Waals surface area (Å²) in [6.45, 7) is 0.517. The van der Waals surface area contributed by atoms with E-state index in [2.05, 4.69) is 17.2 Å². The zero-order valence-electron chi connectivity index (χ0n) is 9.69. The van der Waals surface area contributed by atoms with Gasteiger partial charge in [0.2, 0.25) is 0 Å². The molecule has 0 aliphatic rings. The third-order valence-electron chi connectivity index (χ3n) is 2.05. The molecule has 0 unspecified atom stereocenters. The second-order valence-electron chi connectivity index (χ2n) is 3.29. The second-order valence-corrected chi connectivity index (χ2v) is 4.27. The van der Waals surface area contributed by atoms with Crippen LogP contribution in [-0.2, 0) is 0 Å². The molecule has 1 aromatic rings. The van der Waals surface area contributed by atoms with Gasteiger partial charge in [-0.1, -0.05) is 11.8 Å². The van der Waals surface area contributed by atoms with Gasteiger partial charge in [-0.25, -0.2) is 0 Å². The zero-order valence-corrected chi connectivity index (χ0v) is 10.5. The molecule has 0 radical (unpaired) electrons. The summed E-state index contributed by atoms with van der Waals surface area (Å²) in [7, 11) is 0. The van der Waals surface area contributed by atoms with Crippen LogP contribution >= 0.6 is 11.8 Å². The number of hydrogen-bond donors (Lipinski definition) is 2. The zero-order chi connectivity index (χ0) is 12.5. The molecule has 2 N–H and O–H groups in total. The summed E-state index contributed by atoms with van der Waals surface area (Å²) in [5, 5.41) is 11.4. The van der Waals surface area contributed by atoms with E-state index >= 15 is 0 Å². The molecule has 0 saturated carbocycles. The van der Waals surface area contributed by atoms with Crippen molar-refractivity contribution < 1.29 is 9.90 Å². The molecule has 17 heavy (non-hydrogen) atoms. The third kappa shape index (κ3) is 4.94. The molecule has 0 aromatic heterocycles. The van der Waals surface area contributed by atoms with E-state index in [0.29, 0.717) is 12.1 Å². The number of benzene rings is 1. The summed E-state index contributed by atoms with van der Waals surface area (Å²) in [5.74, 6) is 6.17. The number of carbonyl (C=O) groups is 1. The minimum Gasteiger partial charge on any atom is -0.384 e. The van der Waals surface area contributed by atoms with Gasteiger partial charge in [0, 0.05) is 23.4 Å². The summed E-state index contributed by atoms with van der Waals surface area (Å²) in [6, 6.07) is 7.00. The van der Waals surface area contributed by atoms with Crippen LogP contribution in [0, 0.1) is 11.8 Å². The normalized spacial score (nSPS) is 9.29. The van der Waals surface area contributed by atoms with Gasteiger partial charge in [0.1, 0.15) is 6.61 Å². The van der Waals surface area contributed by atoms with Gasteiger partial charge < -0.3 is 10.4 Å². The Balaban J connectivity index is 2.57. The highest BCUT2D eigenvalue weighted by Gasteiger charge is 2.03. The number of nitrogens with one attached hydrogen (secondary N) is 1. The number of hydrogen-bond acceptors (Lipinski definition) is 3. The van der Waals surface area contributed by atoms with Gasteiger partial charge in [-0.2, -0.15) is 11.8 Å². The SMILES string of the molecule is CSCCNC(=O)c1ccc(C#CCO)cc1. The minimum absolute atomic E-state index is 0.0688. The van der Waals surface area contributed by atoms with Crippen molar-refractivity contribution in [2.24, 2.45) is 0 Å². The lowest BCUT2D eigenvalue weighted by Crippen LogP contribution is -2.25. The largest absolute Gasteiger partial charge is 0.384 e. The smallest absolute Gasteiger partial charge is 0.251 e. The van der Waals surface area contributed by atoms with Crippen LogP contribution in [0.15, 0.2) is 24.3 Å². The van der Waals surface area contributed by atoms with Crippen molar-refractivity contribution in [3.63, 3.8) is 0 Å². The Kier molecular flexibility index (Phi) is 6.23. The molecule has 90 valence electrons. The van der Waals surface area contributed by atoms with Crippen molar-refractivity contribution >= 4 is 17.7 Å². The molecule has 0 saturated heterocycles. The number of carbonyl (C=O) groups excluding carboxylic acids is 1. The van der Waals surface area contributed by atoms with Crippen LogP contribution in [0.3, 0.4) is 0 Å². The lowest BCUT2D eigenvalue weighted by Gasteiger charge is -2.03. The van der Waals surface area contributed by atoms with E-state index in [1.165, 1.54) is 0 Å². The van der Waals surface area contributed by atoms with E-state index in [4.69, 9.17) is 5.11 Å². The van der Waals surface area contributed by atoms with E-state index < -0.39 is 0 Å². The average Bonchev–Trinajstić information content (AvgIpc) is 2.37. The van der Waals surface area contributed by atoms with Crippen LogP contribution < -0.4 is 5.32 Å². The first kappa shape index (κ1) is 13.6. The van der Waals surface area contributed by atoms with E-state index in [1.807, 2.05) is 6.26 Å². The first-order chi connectivity index (χ1) is 8.27. The fourth-order valence-corrected chi connectivity index (χ4v) is 1.52. The molecule has 1 amide bonds. The van der Waals surface area contributed by atoms with Crippen molar-refractivity contribution in [3.05, 3.63) is 35.4 Å². The Morgan fingerprint density at radius 1 is 1.41 bits per heavy atom. The highest BCUT2D eigenvalue weighted by molar-refractivity contribution is 7.98. The number of amides is 1. The summed E-state index contributed by atoms with van der Waals surface area (Å²) in [6.07, 6.45) is 2.00. The van der Waals surface area contributed by atoms with Crippen LogP contribution in [0.1, 0.15) is 15.9 Å². The maximum atomic E-state index is 11.6. The van der Waals surface area contributed by atoms with Gasteiger partial charge in [0.15, 0.2) is 0 Å². The van der Waals surface area contributed by atoms with Crippen LogP contribution in [0.2, 0.25) is 0 Å². The fourth-order valence-electron chi connectivity index (χ4n) is 1.22. The van der Waals surface area contributed by atoms with E-state index in [-0.39, 0.29) is 12.5 Å². The number of rotatable bonds is 4. The maximum absolute atomic E-state index is 11.6. The predicted octanol–water partition coefficient (Wildman–Crippen LogP) is 1.12. The Morgan fingerprint density at radius 3 is 2.71 bits per heavy atom. The molecule has 1 rings (SSSR count). The first-order valence-corrected chi connectivity index (χ1v) is 6.64. The highest BCUT2D eigenvalue weighted by Crippen LogP contribution is 2.03. The molecule has 3 nitrogen and oxygen atoms in total. The number of aliphatic hydroxyl groups excluding tert-OH is 1. The van der Waals surface area contributed by atoms with Crippen molar-refractivity contribution in [1.29, 1.82) is 0 Å². The third-order valence-corrected chi connectivity index (χ3v) is 2.66. The summed E-state index contributed by atoms with van der Waals surface area (Å²) < 4.78 is 0. The van der Waals surface area contributed by atoms with Crippen LogP contribution in [0.5, 0.6) is 0 Å².